The van der Waals surface area contributed by atoms with Gasteiger partial charge in [-0.05, 0) is 19.8 Å². The highest BCUT2D eigenvalue weighted by Gasteiger charge is 1.82. The average Bonchev–Trinajstić information content (AvgIpc) is 1.89. The van der Waals surface area contributed by atoms with Crippen LogP contribution in [0, 0.1) is 11.8 Å². The molecule has 0 atom stereocenters. The number of hydrogen-bond acceptors (Lipinski definition) is 1. The van der Waals surface area contributed by atoms with Gasteiger partial charge in [0.25, 0.3) is 0 Å². The third-order valence-electron chi connectivity index (χ3n) is 1.08. The molecule has 0 spiro atoms. The van der Waals surface area contributed by atoms with E-state index in [0.29, 0.717) is 0 Å². The Kier molecular flexibility index (Phi) is 7.12. The van der Waals surface area contributed by atoms with Crippen molar-refractivity contribution in [3.05, 3.63) is 0 Å². The van der Waals surface area contributed by atoms with Crippen LogP contribution in [0.15, 0.2) is 0 Å². The topological polar surface area (TPSA) is 9.23 Å². The summed E-state index contributed by atoms with van der Waals surface area (Å²) in [6.07, 6.45) is 3.31. The molecule has 0 amide bonds. The molecule has 0 aromatic rings. The fourth-order valence-electron chi connectivity index (χ4n) is 0.585. The first-order valence-electron chi connectivity index (χ1n) is 3.30. The van der Waals surface area contributed by atoms with Crippen LogP contribution in [0.4, 0.5) is 0 Å². The van der Waals surface area contributed by atoms with Gasteiger partial charge in [-0.3, -0.25) is 0 Å². The summed E-state index contributed by atoms with van der Waals surface area (Å²) < 4.78 is 4.87. The first kappa shape index (κ1) is 8.52. The number of rotatable bonds is 4. The molecule has 0 aliphatic rings. The van der Waals surface area contributed by atoms with E-state index in [1.807, 2.05) is 6.92 Å². The summed E-state index contributed by atoms with van der Waals surface area (Å²) in [5.41, 5.74) is 0. The summed E-state index contributed by atoms with van der Waals surface area (Å²) in [5.74, 6) is 5.86. The number of hydrogen-bond donors (Lipinski definition) is 0. The predicted octanol–water partition coefficient (Wildman–Crippen LogP) is 1.83. The van der Waals surface area contributed by atoms with Gasteiger partial charge < -0.3 is 4.74 Å². The first-order chi connectivity index (χ1) is 4.41. The standard InChI is InChI=1S/C8H14O/c1-3-4-5-6-7-8-9-2/h5-8H2,1-2H3. The Hall–Kier alpha value is -0.480. The molecule has 1 nitrogen and oxygen atoms in total. The Balaban J connectivity index is 2.80. The van der Waals surface area contributed by atoms with E-state index in [4.69, 9.17) is 4.74 Å². The van der Waals surface area contributed by atoms with Gasteiger partial charge >= 0.3 is 0 Å². The molecule has 0 radical (unpaired) electrons. The molecule has 9 heavy (non-hydrogen) atoms. The maximum Gasteiger partial charge on any atom is 0.0462 e. The second-order valence-corrected chi connectivity index (χ2v) is 1.88. The van der Waals surface area contributed by atoms with Crippen LogP contribution in [0.2, 0.25) is 0 Å². The fraction of sp³-hybridized carbons (Fsp3) is 0.750. The van der Waals surface area contributed by atoms with E-state index < -0.39 is 0 Å². The maximum atomic E-state index is 4.87. The molecule has 0 aromatic heterocycles. The second kappa shape index (κ2) is 7.52. The average molecular weight is 126 g/mol. The lowest BCUT2D eigenvalue weighted by Crippen LogP contribution is -1.86. The van der Waals surface area contributed by atoms with Crippen molar-refractivity contribution in [3.63, 3.8) is 0 Å². The van der Waals surface area contributed by atoms with Crippen molar-refractivity contribution in [1.29, 1.82) is 0 Å². The minimum Gasteiger partial charge on any atom is -0.385 e. The zero-order chi connectivity index (χ0) is 6.95. The van der Waals surface area contributed by atoms with Crippen molar-refractivity contribution < 1.29 is 4.74 Å². The van der Waals surface area contributed by atoms with E-state index in [1.54, 1.807) is 7.11 Å². The summed E-state index contributed by atoms with van der Waals surface area (Å²) in [5, 5.41) is 0. The second-order valence-electron chi connectivity index (χ2n) is 1.88. The minimum absolute atomic E-state index is 0.866. The molecular weight excluding hydrogens is 112 g/mol. The third-order valence-corrected chi connectivity index (χ3v) is 1.08. The van der Waals surface area contributed by atoms with Gasteiger partial charge in [0.1, 0.15) is 0 Å². The van der Waals surface area contributed by atoms with Gasteiger partial charge in [0.05, 0.1) is 0 Å². The van der Waals surface area contributed by atoms with Crippen LogP contribution in [0.5, 0.6) is 0 Å². The molecule has 0 unspecified atom stereocenters. The quantitative estimate of drug-likeness (QED) is 0.412. The summed E-state index contributed by atoms with van der Waals surface area (Å²) >= 11 is 0. The SMILES string of the molecule is CC#CCCCCOC. The summed E-state index contributed by atoms with van der Waals surface area (Å²) in [7, 11) is 1.73. The lowest BCUT2D eigenvalue weighted by Gasteiger charge is -1.92. The molecule has 0 aromatic carbocycles. The Morgan fingerprint density at radius 3 is 2.67 bits per heavy atom. The van der Waals surface area contributed by atoms with Gasteiger partial charge in [0.15, 0.2) is 0 Å². The highest BCUT2D eigenvalue weighted by molar-refractivity contribution is 4.94. The van der Waals surface area contributed by atoms with Crippen molar-refractivity contribution >= 4 is 0 Å². The molecule has 0 heterocycles. The molecule has 0 fully saturated rings. The molecule has 0 aliphatic carbocycles. The van der Waals surface area contributed by atoms with Crippen LogP contribution in [0.1, 0.15) is 26.2 Å². The van der Waals surface area contributed by atoms with Crippen molar-refractivity contribution in [2.24, 2.45) is 0 Å². The Morgan fingerprint density at radius 1 is 1.33 bits per heavy atom. The molecule has 0 saturated heterocycles. The van der Waals surface area contributed by atoms with Crippen molar-refractivity contribution in [1.82, 2.24) is 0 Å². The summed E-state index contributed by atoms with van der Waals surface area (Å²) in [6, 6.07) is 0. The van der Waals surface area contributed by atoms with E-state index in [-0.39, 0.29) is 0 Å². The van der Waals surface area contributed by atoms with Crippen LogP contribution in [0.25, 0.3) is 0 Å². The van der Waals surface area contributed by atoms with Gasteiger partial charge in [-0.25, -0.2) is 0 Å². The lowest BCUT2D eigenvalue weighted by atomic mass is 10.2. The number of ether oxygens (including phenoxy) is 1. The summed E-state index contributed by atoms with van der Waals surface area (Å²) in [4.78, 5) is 0. The van der Waals surface area contributed by atoms with Gasteiger partial charge in [-0.2, -0.15) is 0 Å². The van der Waals surface area contributed by atoms with E-state index in [2.05, 4.69) is 11.8 Å². The van der Waals surface area contributed by atoms with E-state index >= 15 is 0 Å². The van der Waals surface area contributed by atoms with Crippen LogP contribution in [-0.2, 0) is 4.74 Å². The third kappa shape index (κ3) is 7.52. The molecule has 52 valence electrons. The lowest BCUT2D eigenvalue weighted by molar-refractivity contribution is 0.193. The van der Waals surface area contributed by atoms with Crippen molar-refractivity contribution in [2.45, 2.75) is 26.2 Å². The van der Waals surface area contributed by atoms with Crippen LogP contribution >= 0.6 is 0 Å². The van der Waals surface area contributed by atoms with E-state index in [1.165, 1.54) is 0 Å². The summed E-state index contributed by atoms with van der Waals surface area (Å²) in [6.45, 7) is 2.74. The molecule has 0 bridgehead atoms. The largest absolute Gasteiger partial charge is 0.385 e. The highest BCUT2D eigenvalue weighted by Crippen LogP contribution is 1.92. The molecule has 0 rings (SSSR count). The normalized spacial score (nSPS) is 8.22. The van der Waals surface area contributed by atoms with Gasteiger partial charge in [-0.15, -0.1) is 11.8 Å². The van der Waals surface area contributed by atoms with Crippen molar-refractivity contribution in [3.8, 4) is 11.8 Å². The smallest absolute Gasteiger partial charge is 0.0462 e. The Bertz CT molecular complexity index is 96.9. The fourth-order valence-corrected chi connectivity index (χ4v) is 0.585. The molecule has 1 heteroatoms. The monoisotopic (exact) mass is 126 g/mol. The van der Waals surface area contributed by atoms with Gasteiger partial charge in [0, 0.05) is 20.1 Å². The maximum absolute atomic E-state index is 4.87. The van der Waals surface area contributed by atoms with Gasteiger partial charge in [-0.1, -0.05) is 0 Å². The minimum atomic E-state index is 0.866. The van der Waals surface area contributed by atoms with Crippen LogP contribution in [-0.4, -0.2) is 13.7 Å². The van der Waals surface area contributed by atoms with E-state index in [0.717, 1.165) is 25.9 Å². The molecular formula is C8H14O. The highest BCUT2D eigenvalue weighted by atomic mass is 16.5. The first-order valence-corrected chi connectivity index (χ1v) is 3.30. The van der Waals surface area contributed by atoms with Crippen LogP contribution < -0.4 is 0 Å². The zero-order valence-corrected chi connectivity index (χ0v) is 6.24. The zero-order valence-electron chi connectivity index (χ0n) is 6.24. The molecule has 0 saturated carbocycles. The number of methoxy groups -OCH3 is 1. The Morgan fingerprint density at radius 2 is 2.11 bits per heavy atom. The van der Waals surface area contributed by atoms with Crippen LogP contribution in [0.3, 0.4) is 0 Å². The molecule has 0 N–H and O–H groups in total. The molecule has 0 aliphatic heterocycles. The van der Waals surface area contributed by atoms with Gasteiger partial charge in [0.2, 0.25) is 0 Å². The Labute approximate surface area is 57.4 Å². The van der Waals surface area contributed by atoms with Crippen molar-refractivity contribution in [2.75, 3.05) is 13.7 Å². The number of unbranched alkanes of at least 4 members (excludes halogenated alkanes) is 2. The van der Waals surface area contributed by atoms with E-state index in [9.17, 15) is 0 Å². The predicted molar refractivity (Wildman–Crippen MR) is 39.2 cm³/mol.